The lowest BCUT2D eigenvalue weighted by Crippen LogP contribution is -2.48. The Balaban J connectivity index is 1.30. The quantitative estimate of drug-likeness (QED) is 0.643. The molecule has 1 aliphatic heterocycles. The fourth-order valence-electron chi connectivity index (χ4n) is 4.07. The van der Waals surface area contributed by atoms with Gasteiger partial charge in [-0.3, -0.25) is 14.6 Å². The van der Waals surface area contributed by atoms with E-state index in [1.807, 2.05) is 35.0 Å². The highest BCUT2D eigenvalue weighted by Gasteiger charge is 2.20. The first kappa shape index (κ1) is 18.9. The second-order valence-electron chi connectivity index (χ2n) is 7.59. The average molecular weight is 377 g/mol. The van der Waals surface area contributed by atoms with Gasteiger partial charge in [0.2, 0.25) is 0 Å². The summed E-state index contributed by atoms with van der Waals surface area (Å²) in [5.41, 5.74) is 3.02. The Hall–Kier alpha value is -2.47. The van der Waals surface area contributed by atoms with Gasteiger partial charge in [0.1, 0.15) is 0 Å². The maximum atomic E-state index is 11.3. The molecule has 2 aromatic carbocycles. The van der Waals surface area contributed by atoms with Crippen LogP contribution in [0.1, 0.15) is 15.9 Å². The van der Waals surface area contributed by atoms with E-state index in [1.165, 1.54) is 5.56 Å². The molecule has 0 radical (unpaired) electrons. The Labute approximate surface area is 165 Å². The van der Waals surface area contributed by atoms with Crippen molar-refractivity contribution in [2.24, 2.45) is 0 Å². The number of β-amino-alcohol motifs (C(OH)–C–C–N with tert-alkyl or cyclic N) is 1. The van der Waals surface area contributed by atoms with E-state index in [0.717, 1.165) is 49.9 Å². The lowest BCUT2D eigenvalue weighted by Gasteiger charge is -2.35. The number of aromatic nitrogens is 1. The van der Waals surface area contributed by atoms with Gasteiger partial charge in [0.05, 0.1) is 6.10 Å². The van der Waals surface area contributed by atoms with Gasteiger partial charge in [-0.05, 0) is 11.6 Å². The number of fused-ring (bicyclic) bond motifs is 1. The van der Waals surface area contributed by atoms with Crippen LogP contribution < -0.4 is 0 Å². The van der Waals surface area contributed by atoms with Crippen LogP contribution in [-0.2, 0) is 13.1 Å². The Morgan fingerprint density at radius 1 is 0.893 bits per heavy atom. The van der Waals surface area contributed by atoms with E-state index in [-0.39, 0.29) is 0 Å². The number of piperazine rings is 1. The van der Waals surface area contributed by atoms with Crippen LogP contribution in [0.3, 0.4) is 0 Å². The van der Waals surface area contributed by atoms with Gasteiger partial charge in [-0.2, -0.15) is 0 Å². The van der Waals surface area contributed by atoms with E-state index in [9.17, 15) is 9.90 Å². The molecule has 3 aromatic rings. The minimum atomic E-state index is -0.462. The predicted molar refractivity (Wildman–Crippen MR) is 111 cm³/mol. The van der Waals surface area contributed by atoms with Gasteiger partial charge in [-0.1, -0.05) is 48.5 Å². The van der Waals surface area contributed by atoms with Crippen LogP contribution in [0.15, 0.2) is 60.8 Å². The van der Waals surface area contributed by atoms with E-state index in [1.54, 1.807) is 0 Å². The number of carbonyl (C=O) groups excluding carboxylic acids is 1. The number of benzene rings is 2. The summed E-state index contributed by atoms with van der Waals surface area (Å²) >= 11 is 0. The average Bonchev–Trinajstić information content (AvgIpc) is 3.08. The topological polar surface area (TPSA) is 48.7 Å². The van der Waals surface area contributed by atoms with Crippen LogP contribution in [0, 0.1) is 0 Å². The van der Waals surface area contributed by atoms with Gasteiger partial charge in [0.25, 0.3) is 0 Å². The molecule has 1 N–H and O–H groups in total. The summed E-state index contributed by atoms with van der Waals surface area (Å²) in [6.45, 7) is 6.11. The molecule has 1 fully saturated rings. The first-order valence-corrected chi connectivity index (χ1v) is 9.92. The molecule has 28 heavy (non-hydrogen) atoms. The zero-order valence-corrected chi connectivity index (χ0v) is 16.1. The summed E-state index contributed by atoms with van der Waals surface area (Å²) in [4.78, 5) is 16.1. The Bertz CT molecular complexity index is 914. The third-order valence-electron chi connectivity index (χ3n) is 5.54. The zero-order valence-electron chi connectivity index (χ0n) is 16.1. The molecule has 5 heteroatoms. The third-order valence-corrected chi connectivity index (χ3v) is 5.54. The van der Waals surface area contributed by atoms with Crippen molar-refractivity contribution in [3.8, 4) is 0 Å². The van der Waals surface area contributed by atoms with Crippen LogP contribution in [0.2, 0.25) is 0 Å². The first-order valence-electron chi connectivity index (χ1n) is 9.92. The Morgan fingerprint density at radius 2 is 1.57 bits per heavy atom. The van der Waals surface area contributed by atoms with Crippen LogP contribution in [0.25, 0.3) is 10.9 Å². The van der Waals surface area contributed by atoms with Gasteiger partial charge in [0.15, 0.2) is 6.29 Å². The second kappa shape index (κ2) is 8.69. The number of nitrogens with zero attached hydrogens (tertiary/aromatic N) is 3. The predicted octanol–water partition coefficient (Wildman–Crippen LogP) is 2.63. The molecule has 1 saturated heterocycles. The molecule has 2 heterocycles. The minimum Gasteiger partial charge on any atom is -0.390 e. The van der Waals surface area contributed by atoms with Gasteiger partial charge >= 0.3 is 0 Å². The number of para-hydroxylation sites is 1. The van der Waals surface area contributed by atoms with E-state index in [0.29, 0.717) is 18.7 Å². The highest BCUT2D eigenvalue weighted by Crippen LogP contribution is 2.20. The van der Waals surface area contributed by atoms with Crippen LogP contribution in [0.5, 0.6) is 0 Å². The molecule has 5 nitrogen and oxygen atoms in total. The number of aliphatic hydroxyl groups excluding tert-OH is 1. The van der Waals surface area contributed by atoms with Gasteiger partial charge in [-0.25, -0.2) is 0 Å². The smallest absolute Gasteiger partial charge is 0.152 e. The first-order chi connectivity index (χ1) is 13.7. The minimum absolute atomic E-state index is 0.462. The summed E-state index contributed by atoms with van der Waals surface area (Å²) in [7, 11) is 0. The molecule has 0 aliphatic carbocycles. The highest BCUT2D eigenvalue weighted by molar-refractivity contribution is 5.97. The molecule has 1 unspecified atom stereocenters. The molecule has 1 aromatic heterocycles. The fourth-order valence-corrected chi connectivity index (χ4v) is 4.07. The molecule has 1 aliphatic rings. The largest absolute Gasteiger partial charge is 0.390 e. The van der Waals surface area contributed by atoms with Crippen molar-refractivity contribution in [2.45, 2.75) is 19.2 Å². The molecule has 0 saturated carbocycles. The normalized spacial score (nSPS) is 17.0. The van der Waals surface area contributed by atoms with E-state index >= 15 is 0 Å². The van der Waals surface area contributed by atoms with Crippen molar-refractivity contribution in [1.29, 1.82) is 0 Å². The number of carbonyl (C=O) groups is 1. The maximum absolute atomic E-state index is 11.3. The molecule has 1 atom stereocenters. The van der Waals surface area contributed by atoms with Crippen molar-refractivity contribution in [1.82, 2.24) is 14.4 Å². The molecular formula is C23H27N3O2. The van der Waals surface area contributed by atoms with Gasteiger partial charge < -0.3 is 9.67 Å². The maximum Gasteiger partial charge on any atom is 0.152 e. The number of aliphatic hydroxyl groups is 1. The van der Waals surface area contributed by atoms with Crippen molar-refractivity contribution < 1.29 is 9.90 Å². The summed E-state index contributed by atoms with van der Waals surface area (Å²) in [6, 6.07) is 18.4. The monoisotopic (exact) mass is 377 g/mol. The lowest BCUT2D eigenvalue weighted by molar-refractivity contribution is 0.0628. The van der Waals surface area contributed by atoms with Gasteiger partial charge in [-0.15, -0.1) is 0 Å². The molecule has 4 rings (SSSR count). The van der Waals surface area contributed by atoms with Crippen molar-refractivity contribution in [3.63, 3.8) is 0 Å². The van der Waals surface area contributed by atoms with Crippen LogP contribution in [-0.4, -0.2) is 64.6 Å². The summed E-state index contributed by atoms with van der Waals surface area (Å²) < 4.78 is 2.00. The second-order valence-corrected chi connectivity index (χ2v) is 7.59. The standard InChI is InChI=1S/C23H27N3O2/c27-18-20-15-26(23-9-5-4-8-22(20)23)17-21(28)16-25-12-10-24(11-13-25)14-19-6-2-1-3-7-19/h1-9,15,18,21,28H,10-14,16-17H2. The van der Waals surface area contributed by atoms with Crippen molar-refractivity contribution >= 4 is 17.2 Å². The number of hydrogen-bond donors (Lipinski definition) is 1. The number of rotatable bonds is 7. The summed E-state index contributed by atoms with van der Waals surface area (Å²) in [5, 5.41) is 11.6. The SMILES string of the molecule is O=Cc1cn(CC(O)CN2CCN(Cc3ccccc3)CC2)c2ccccc12. The summed E-state index contributed by atoms with van der Waals surface area (Å²) in [6.07, 6.45) is 2.27. The van der Waals surface area contributed by atoms with Crippen LogP contribution in [0.4, 0.5) is 0 Å². The van der Waals surface area contributed by atoms with Crippen molar-refractivity contribution in [3.05, 3.63) is 71.9 Å². The number of aldehydes is 1. The van der Waals surface area contributed by atoms with E-state index in [4.69, 9.17) is 0 Å². The molecular weight excluding hydrogens is 350 g/mol. The van der Waals surface area contributed by atoms with Crippen LogP contribution >= 0.6 is 0 Å². The third kappa shape index (κ3) is 4.33. The lowest BCUT2D eigenvalue weighted by atomic mass is 10.2. The zero-order chi connectivity index (χ0) is 19.3. The van der Waals surface area contributed by atoms with E-state index < -0.39 is 6.10 Å². The van der Waals surface area contributed by atoms with Gasteiger partial charge in [0, 0.05) is 68.5 Å². The van der Waals surface area contributed by atoms with Crippen molar-refractivity contribution in [2.75, 3.05) is 32.7 Å². The Kier molecular flexibility index (Phi) is 5.86. The highest BCUT2D eigenvalue weighted by atomic mass is 16.3. The fraction of sp³-hybridized carbons (Fsp3) is 0.348. The summed E-state index contributed by atoms with van der Waals surface area (Å²) in [5.74, 6) is 0. The molecule has 0 amide bonds. The molecule has 146 valence electrons. The number of hydrogen-bond acceptors (Lipinski definition) is 4. The molecule has 0 bridgehead atoms. The Morgan fingerprint density at radius 3 is 2.32 bits per heavy atom. The van der Waals surface area contributed by atoms with E-state index in [2.05, 4.69) is 40.1 Å². The molecule has 0 spiro atoms.